The molecule has 1 atom stereocenters. The average molecular weight is 345 g/mol. The van der Waals surface area contributed by atoms with Crippen LogP contribution in [-0.2, 0) is 16.3 Å². The molecule has 1 aliphatic rings. The Labute approximate surface area is 139 Å². The molecule has 0 spiro atoms. The van der Waals surface area contributed by atoms with Crippen LogP contribution in [0.4, 0.5) is 4.39 Å². The summed E-state index contributed by atoms with van der Waals surface area (Å²) in [6, 6.07) is 6.54. The molecule has 124 valence electrons. The van der Waals surface area contributed by atoms with E-state index < -0.39 is 9.84 Å². The smallest absolute Gasteiger partial charge is 0.192 e. The molecule has 3 aromatic rings. The fraction of sp³-hybridized carbons (Fsp3) is 0.294. The van der Waals surface area contributed by atoms with Crippen molar-refractivity contribution in [3.05, 3.63) is 42.1 Å². The van der Waals surface area contributed by atoms with Gasteiger partial charge in [0, 0.05) is 42.1 Å². The van der Waals surface area contributed by atoms with Gasteiger partial charge in [0.25, 0.3) is 0 Å². The Kier molecular flexibility index (Phi) is 3.25. The van der Waals surface area contributed by atoms with E-state index in [1.54, 1.807) is 12.1 Å². The van der Waals surface area contributed by atoms with E-state index >= 15 is 0 Å². The maximum Gasteiger partial charge on any atom is 0.192 e. The van der Waals surface area contributed by atoms with Crippen molar-refractivity contribution >= 4 is 20.9 Å². The zero-order chi connectivity index (χ0) is 17.1. The summed E-state index contributed by atoms with van der Waals surface area (Å²) in [6.45, 7) is 2.13. The zero-order valence-electron chi connectivity index (χ0n) is 13.3. The number of hydrogen-bond donors (Lipinski definition) is 0. The summed E-state index contributed by atoms with van der Waals surface area (Å²) in [5.74, 6) is 0.598. The maximum atomic E-state index is 14.5. The maximum absolute atomic E-state index is 14.5. The highest BCUT2D eigenvalue weighted by Gasteiger charge is 2.23. The van der Waals surface area contributed by atoms with Crippen molar-refractivity contribution in [1.82, 2.24) is 14.5 Å². The first-order valence-corrected chi connectivity index (χ1v) is 9.60. The fourth-order valence-electron chi connectivity index (χ4n) is 3.28. The molecule has 0 N–H and O–H groups in total. The van der Waals surface area contributed by atoms with Gasteiger partial charge in [0.15, 0.2) is 14.9 Å². The third kappa shape index (κ3) is 2.31. The molecule has 2 aromatic heterocycles. The lowest BCUT2D eigenvalue weighted by Crippen LogP contribution is -2.00. The molecule has 0 bridgehead atoms. The highest BCUT2D eigenvalue weighted by molar-refractivity contribution is 7.90. The Hall–Kier alpha value is -2.28. The van der Waals surface area contributed by atoms with Crippen LogP contribution in [0.2, 0.25) is 0 Å². The van der Waals surface area contributed by atoms with Gasteiger partial charge < -0.3 is 4.57 Å². The molecule has 24 heavy (non-hydrogen) atoms. The highest BCUT2D eigenvalue weighted by Crippen LogP contribution is 2.34. The molecule has 0 fully saturated rings. The molecule has 7 heteroatoms. The molecule has 3 heterocycles. The lowest BCUT2D eigenvalue weighted by Gasteiger charge is -2.10. The monoisotopic (exact) mass is 345 g/mol. The molecule has 0 saturated heterocycles. The van der Waals surface area contributed by atoms with E-state index in [1.807, 2.05) is 0 Å². The van der Waals surface area contributed by atoms with Crippen molar-refractivity contribution in [2.24, 2.45) is 0 Å². The number of pyridine rings is 1. The number of halogens is 1. The lowest BCUT2D eigenvalue weighted by molar-refractivity contribution is 0.595. The Balaban J connectivity index is 1.87. The van der Waals surface area contributed by atoms with E-state index in [0.29, 0.717) is 22.7 Å². The van der Waals surface area contributed by atoms with E-state index in [4.69, 9.17) is 0 Å². The number of aryl methyl sites for hydroxylation is 1. The van der Waals surface area contributed by atoms with Crippen LogP contribution in [0.15, 0.2) is 35.5 Å². The second kappa shape index (κ2) is 5.11. The van der Waals surface area contributed by atoms with Crippen LogP contribution < -0.4 is 0 Å². The van der Waals surface area contributed by atoms with Crippen molar-refractivity contribution in [2.45, 2.75) is 30.8 Å². The van der Waals surface area contributed by atoms with Gasteiger partial charge >= 0.3 is 0 Å². The van der Waals surface area contributed by atoms with Crippen LogP contribution in [0, 0.1) is 5.82 Å². The molecule has 1 aromatic carbocycles. The Morgan fingerprint density at radius 3 is 2.75 bits per heavy atom. The third-order valence-electron chi connectivity index (χ3n) is 4.51. The number of aromatic nitrogens is 3. The molecule has 4 rings (SSSR count). The topological polar surface area (TPSA) is 64.8 Å². The molecule has 0 radical (unpaired) electrons. The second-order valence-electron chi connectivity index (χ2n) is 6.26. The Morgan fingerprint density at radius 2 is 2.08 bits per heavy atom. The van der Waals surface area contributed by atoms with E-state index in [2.05, 4.69) is 21.5 Å². The lowest BCUT2D eigenvalue weighted by atomic mass is 10.1. The van der Waals surface area contributed by atoms with Crippen LogP contribution in [-0.4, -0.2) is 29.2 Å². The normalized spacial score (nSPS) is 17.4. The summed E-state index contributed by atoms with van der Waals surface area (Å²) in [5, 5.41) is -0.0217. The number of imidazole rings is 1. The minimum atomic E-state index is -3.37. The van der Waals surface area contributed by atoms with Gasteiger partial charge in [-0.25, -0.2) is 22.8 Å². The van der Waals surface area contributed by atoms with Gasteiger partial charge in [-0.1, -0.05) is 0 Å². The minimum Gasteiger partial charge on any atom is -0.325 e. The predicted molar refractivity (Wildman–Crippen MR) is 89.1 cm³/mol. The van der Waals surface area contributed by atoms with Gasteiger partial charge in [-0.2, -0.15) is 0 Å². The summed E-state index contributed by atoms with van der Waals surface area (Å²) in [4.78, 5) is 8.46. The standard InChI is InChI=1S/C17H16FN3O2S/c1-10-3-5-16-20-14-8-13(18)12(7-15(14)21(10)16)11-4-6-17(19-9-11)24(2,22)23/h4,6-10H,3,5H2,1-2H3/t10-/m0/s1. The Morgan fingerprint density at radius 1 is 1.29 bits per heavy atom. The first-order chi connectivity index (χ1) is 11.3. The third-order valence-corrected chi connectivity index (χ3v) is 5.51. The van der Waals surface area contributed by atoms with Crippen molar-refractivity contribution < 1.29 is 12.8 Å². The van der Waals surface area contributed by atoms with Gasteiger partial charge in [0.05, 0.1) is 11.0 Å². The Bertz CT molecular complexity index is 1060. The van der Waals surface area contributed by atoms with E-state index in [1.165, 1.54) is 18.3 Å². The van der Waals surface area contributed by atoms with Crippen molar-refractivity contribution in [3.63, 3.8) is 0 Å². The second-order valence-corrected chi connectivity index (χ2v) is 8.23. The average Bonchev–Trinajstić information content (AvgIpc) is 3.05. The zero-order valence-corrected chi connectivity index (χ0v) is 14.1. The first kappa shape index (κ1) is 15.3. The molecule has 0 amide bonds. The number of sulfone groups is 1. The molecule has 0 aliphatic carbocycles. The molecule has 0 saturated carbocycles. The number of benzene rings is 1. The van der Waals surface area contributed by atoms with Gasteiger partial charge in [-0.05, 0) is 31.5 Å². The number of fused-ring (bicyclic) bond motifs is 3. The molecule has 1 aliphatic heterocycles. The molecular formula is C17H16FN3O2S. The van der Waals surface area contributed by atoms with Gasteiger partial charge in [0.1, 0.15) is 11.6 Å². The molecule has 0 unspecified atom stereocenters. The molecular weight excluding hydrogens is 329 g/mol. The quantitative estimate of drug-likeness (QED) is 0.716. The van der Waals surface area contributed by atoms with Crippen molar-refractivity contribution in [3.8, 4) is 11.1 Å². The van der Waals surface area contributed by atoms with Gasteiger partial charge in [-0.15, -0.1) is 0 Å². The molecule has 5 nitrogen and oxygen atoms in total. The summed E-state index contributed by atoms with van der Waals surface area (Å²) in [5.41, 5.74) is 2.50. The van der Waals surface area contributed by atoms with Crippen molar-refractivity contribution in [2.75, 3.05) is 6.26 Å². The van der Waals surface area contributed by atoms with Crippen molar-refractivity contribution in [1.29, 1.82) is 0 Å². The first-order valence-electron chi connectivity index (χ1n) is 7.71. The van der Waals surface area contributed by atoms with Gasteiger partial charge in [-0.3, -0.25) is 0 Å². The summed E-state index contributed by atoms with van der Waals surface area (Å²) in [7, 11) is -3.37. The van der Waals surface area contributed by atoms with Crippen LogP contribution in [0.3, 0.4) is 0 Å². The van der Waals surface area contributed by atoms with Crippen LogP contribution in [0.1, 0.15) is 25.2 Å². The number of hydrogen-bond acceptors (Lipinski definition) is 4. The van der Waals surface area contributed by atoms with E-state index in [-0.39, 0.29) is 10.8 Å². The van der Waals surface area contributed by atoms with Crippen LogP contribution in [0.5, 0.6) is 0 Å². The van der Waals surface area contributed by atoms with Crippen LogP contribution in [0.25, 0.3) is 22.2 Å². The fourth-order valence-corrected chi connectivity index (χ4v) is 3.84. The summed E-state index contributed by atoms with van der Waals surface area (Å²) >= 11 is 0. The number of rotatable bonds is 2. The summed E-state index contributed by atoms with van der Waals surface area (Å²) in [6.07, 6.45) is 4.43. The van der Waals surface area contributed by atoms with E-state index in [9.17, 15) is 12.8 Å². The highest BCUT2D eigenvalue weighted by atomic mass is 32.2. The van der Waals surface area contributed by atoms with Crippen LogP contribution >= 0.6 is 0 Å². The summed E-state index contributed by atoms with van der Waals surface area (Å²) < 4.78 is 39.7. The largest absolute Gasteiger partial charge is 0.325 e. The van der Waals surface area contributed by atoms with Gasteiger partial charge in [0.2, 0.25) is 0 Å². The minimum absolute atomic E-state index is 0.0217. The SMILES string of the molecule is C[C@H]1CCc2nc3cc(F)c(-c4ccc(S(C)(=O)=O)nc4)cc3n21. The van der Waals surface area contributed by atoms with E-state index in [0.717, 1.165) is 30.4 Å². The number of nitrogens with zero attached hydrogens (tertiary/aromatic N) is 3. The predicted octanol–water partition coefficient (Wildman–Crippen LogP) is 3.15.